The van der Waals surface area contributed by atoms with Gasteiger partial charge in [-0.15, -0.1) is 0 Å². The van der Waals surface area contributed by atoms with Gasteiger partial charge in [-0.3, -0.25) is 10.1 Å². The quantitative estimate of drug-likeness (QED) is 0.656. The normalized spacial score (nSPS) is 17.9. The molecule has 1 fully saturated rings. The van der Waals surface area contributed by atoms with E-state index in [0.717, 1.165) is 18.9 Å². The molecule has 0 saturated carbocycles. The van der Waals surface area contributed by atoms with Crippen LogP contribution in [0.25, 0.3) is 0 Å². The molecule has 0 bridgehead atoms. The number of rotatable bonds is 5. The van der Waals surface area contributed by atoms with Gasteiger partial charge < -0.3 is 14.6 Å². The summed E-state index contributed by atoms with van der Waals surface area (Å²) < 4.78 is 24.1. The van der Waals surface area contributed by atoms with E-state index >= 15 is 0 Å². The third kappa shape index (κ3) is 3.02. The second-order valence-corrected chi connectivity index (χ2v) is 4.31. The van der Waals surface area contributed by atoms with Gasteiger partial charge in [-0.05, 0) is 12.8 Å². The van der Waals surface area contributed by atoms with Crippen molar-refractivity contribution in [3.05, 3.63) is 33.6 Å². The van der Waals surface area contributed by atoms with Gasteiger partial charge in [0, 0.05) is 12.7 Å². The number of hydrogen-bond acceptors (Lipinski definition) is 5. The molecule has 1 aliphatic heterocycles. The van der Waals surface area contributed by atoms with Crippen LogP contribution >= 0.6 is 0 Å². The Kier molecular flexibility index (Phi) is 4.14. The molecular formula is C12H12FNO6. The summed E-state index contributed by atoms with van der Waals surface area (Å²) in [5.41, 5.74) is -1.42. The largest absolute Gasteiger partial charge is 0.488 e. The second-order valence-electron chi connectivity index (χ2n) is 4.31. The highest BCUT2D eigenvalue weighted by molar-refractivity contribution is 5.92. The Morgan fingerprint density at radius 1 is 1.60 bits per heavy atom. The average Bonchev–Trinajstić information content (AvgIpc) is 2.89. The number of benzene rings is 1. The topological polar surface area (TPSA) is 98.9 Å². The lowest BCUT2D eigenvalue weighted by molar-refractivity contribution is -0.385. The number of carbonyl (C=O) groups is 1. The van der Waals surface area contributed by atoms with Crippen LogP contribution in [0.15, 0.2) is 12.1 Å². The lowest BCUT2D eigenvalue weighted by atomic mass is 10.1. The van der Waals surface area contributed by atoms with Gasteiger partial charge in [-0.1, -0.05) is 0 Å². The molecule has 0 aliphatic carbocycles. The molecule has 1 aliphatic rings. The highest BCUT2D eigenvalue weighted by Gasteiger charge is 2.25. The molecule has 8 heteroatoms. The molecule has 1 N–H and O–H groups in total. The van der Waals surface area contributed by atoms with Gasteiger partial charge in [0.05, 0.1) is 17.1 Å². The first kappa shape index (κ1) is 14.2. The van der Waals surface area contributed by atoms with Crippen LogP contribution in [0.5, 0.6) is 5.75 Å². The number of nitro benzene ring substituents is 1. The molecule has 0 radical (unpaired) electrons. The van der Waals surface area contributed by atoms with Crippen molar-refractivity contribution in [2.45, 2.75) is 18.9 Å². The zero-order valence-corrected chi connectivity index (χ0v) is 10.4. The molecule has 1 atom stereocenters. The van der Waals surface area contributed by atoms with Crippen molar-refractivity contribution in [1.29, 1.82) is 0 Å². The molecule has 0 aromatic heterocycles. The molecule has 0 amide bonds. The monoisotopic (exact) mass is 285 g/mol. The van der Waals surface area contributed by atoms with E-state index in [9.17, 15) is 19.3 Å². The summed E-state index contributed by atoms with van der Waals surface area (Å²) in [6.45, 7) is 0.685. The van der Waals surface area contributed by atoms with E-state index in [1.807, 2.05) is 0 Å². The first-order valence-electron chi connectivity index (χ1n) is 5.94. The summed E-state index contributed by atoms with van der Waals surface area (Å²) in [5.74, 6) is -2.82. The van der Waals surface area contributed by atoms with Crippen molar-refractivity contribution < 1.29 is 28.7 Å². The van der Waals surface area contributed by atoms with Crippen LogP contribution < -0.4 is 4.74 Å². The Hall–Kier alpha value is -2.22. The summed E-state index contributed by atoms with van der Waals surface area (Å²) in [5, 5.41) is 19.6. The van der Waals surface area contributed by atoms with Gasteiger partial charge >= 0.3 is 5.97 Å². The van der Waals surface area contributed by atoms with Crippen molar-refractivity contribution >= 4 is 11.7 Å². The van der Waals surface area contributed by atoms with E-state index in [0.29, 0.717) is 12.7 Å². The predicted molar refractivity (Wildman–Crippen MR) is 64.5 cm³/mol. The number of carboxylic acid groups (broad SMARTS) is 1. The maximum atomic E-state index is 13.7. The molecule has 1 aromatic rings. The molecule has 2 rings (SSSR count). The SMILES string of the molecule is O=C(O)c1cc(OCC2CCCO2)c(F)cc1[N+](=O)[O-]. The molecular weight excluding hydrogens is 273 g/mol. The van der Waals surface area contributed by atoms with Crippen LogP contribution in [-0.4, -0.2) is 35.3 Å². The number of halogens is 1. The zero-order chi connectivity index (χ0) is 14.7. The van der Waals surface area contributed by atoms with E-state index < -0.39 is 28.0 Å². The molecule has 1 heterocycles. The van der Waals surface area contributed by atoms with Gasteiger partial charge in [0.1, 0.15) is 12.2 Å². The maximum Gasteiger partial charge on any atom is 0.342 e. The van der Waals surface area contributed by atoms with Crippen molar-refractivity contribution in [1.82, 2.24) is 0 Å². The maximum absolute atomic E-state index is 13.7. The van der Waals surface area contributed by atoms with Gasteiger partial charge in [-0.25, -0.2) is 9.18 Å². The van der Waals surface area contributed by atoms with Crippen LogP contribution in [0.3, 0.4) is 0 Å². The Morgan fingerprint density at radius 3 is 2.90 bits per heavy atom. The van der Waals surface area contributed by atoms with E-state index in [2.05, 4.69) is 0 Å². The minimum atomic E-state index is -1.52. The smallest absolute Gasteiger partial charge is 0.342 e. The van der Waals surface area contributed by atoms with Crippen molar-refractivity contribution in [3.63, 3.8) is 0 Å². The molecule has 1 unspecified atom stereocenters. The Morgan fingerprint density at radius 2 is 2.35 bits per heavy atom. The lowest BCUT2D eigenvalue weighted by Gasteiger charge is -2.12. The predicted octanol–water partition coefficient (Wildman–Crippen LogP) is 1.99. The van der Waals surface area contributed by atoms with Crippen molar-refractivity contribution in [2.24, 2.45) is 0 Å². The van der Waals surface area contributed by atoms with E-state index in [1.165, 1.54) is 0 Å². The average molecular weight is 285 g/mol. The summed E-state index contributed by atoms with van der Waals surface area (Å²) in [7, 11) is 0. The third-order valence-corrected chi connectivity index (χ3v) is 2.93. The minimum absolute atomic E-state index is 0.0772. The van der Waals surface area contributed by atoms with Gasteiger partial charge in [-0.2, -0.15) is 0 Å². The Bertz CT molecular complexity index is 541. The summed E-state index contributed by atoms with van der Waals surface area (Å²) in [6.07, 6.45) is 1.50. The Balaban J connectivity index is 2.22. The minimum Gasteiger partial charge on any atom is -0.488 e. The first-order chi connectivity index (χ1) is 9.49. The zero-order valence-electron chi connectivity index (χ0n) is 10.4. The van der Waals surface area contributed by atoms with Gasteiger partial charge in [0.15, 0.2) is 11.6 Å². The molecule has 7 nitrogen and oxygen atoms in total. The highest BCUT2D eigenvalue weighted by atomic mass is 19.1. The number of aromatic carboxylic acids is 1. The van der Waals surface area contributed by atoms with E-state index in [-0.39, 0.29) is 18.5 Å². The van der Waals surface area contributed by atoms with E-state index in [4.69, 9.17) is 14.6 Å². The number of hydrogen-bond donors (Lipinski definition) is 1. The number of nitro groups is 1. The van der Waals surface area contributed by atoms with Crippen molar-refractivity contribution in [3.8, 4) is 5.75 Å². The van der Waals surface area contributed by atoms with Crippen LogP contribution in [-0.2, 0) is 4.74 Å². The molecule has 1 saturated heterocycles. The second kappa shape index (κ2) is 5.83. The van der Waals surface area contributed by atoms with Crippen LogP contribution in [0.1, 0.15) is 23.2 Å². The number of nitrogens with zero attached hydrogens (tertiary/aromatic N) is 1. The lowest BCUT2D eigenvalue weighted by Crippen LogP contribution is -2.17. The Labute approximate surface area is 113 Å². The van der Waals surface area contributed by atoms with Gasteiger partial charge in [0.25, 0.3) is 5.69 Å². The van der Waals surface area contributed by atoms with Crippen LogP contribution in [0, 0.1) is 15.9 Å². The highest BCUT2D eigenvalue weighted by Crippen LogP contribution is 2.28. The molecule has 0 spiro atoms. The summed E-state index contributed by atoms with van der Waals surface area (Å²) >= 11 is 0. The van der Waals surface area contributed by atoms with Crippen LogP contribution in [0.4, 0.5) is 10.1 Å². The fourth-order valence-corrected chi connectivity index (χ4v) is 1.93. The third-order valence-electron chi connectivity index (χ3n) is 2.93. The van der Waals surface area contributed by atoms with Crippen LogP contribution in [0.2, 0.25) is 0 Å². The summed E-state index contributed by atoms with van der Waals surface area (Å²) in [6, 6.07) is 1.37. The van der Waals surface area contributed by atoms with Crippen molar-refractivity contribution in [2.75, 3.05) is 13.2 Å². The number of ether oxygens (including phenoxy) is 2. The molecule has 1 aromatic carbocycles. The van der Waals surface area contributed by atoms with Gasteiger partial charge in [0.2, 0.25) is 0 Å². The molecule has 108 valence electrons. The first-order valence-corrected chi connectivity index (χ1v) is 5.94. The van der Waals surface area contributed by atoms with E-state index in [1.54, 1.807) is 0 Å². The standard InChI is InChI=1S/C12H12FNO6/c13-9-5-10(14(17)18)8(12(15)16)4-11(9)20-6-7-2-1-3-19-7/h4-5,7H,1-3,6H2,(H,15,16). The fourth-order valence-electron chi connectivity index (χ4n) is 1.93. The summed E-state index contributed by atoms with van der Waals surface area (Å²) in [4.78, 5) is 20.7. The molecule has 20 heavy (non-hydrogen) atoms. The fraction of sp³-hybridized carbons (Fsp3) is 0.417. The number of carboxylic acids is 1.